The fourth-order valence-corrected chi connectivity index (χ4v) is 1.65. The molecule has 0 aliphatic rings. The number of aryl methyl sites for hydroxylation is 2. The predicted octanol–water partition coefficient (Wildman–Crippen LogP) is 2.92. The van der Waals surface area contributed by atoms with Crippen molar-refractivity contribution in [2.45, 2.75) is 53.0 Å². The molecule has 0 atom stereocenters. The van der Waals surface area contributed by atoms with Crippen LogP contribution < -0.4 is 0 Å². The number of hydrogen-bond donors (Lipinski definition) is 0. The molecule has 0 spiro atoms. The van der Waals surface area contributed by atoms with Gasteiger partial charge in [0.15, 0.2) is 0 Å². The number of nitrogens with zero attached hydrogens (tertiary/aromatic N) is 2. The maximum absolute atomic E-state index is 4.27. The summed E-state index contributed by atoms with van der Waals surface area (Å²) in [7, 11) is 0. The molecule has 0 aromatic carbocycles. The van der Waals surface area contributed by atoms with Crippen molar-refractivity contribution in [1.82, 2.24) is 9.78 Å². The second-order valence-corrected chi connectivity index (χ2v) is 3.85. The van der Waals surface area contributed by atoms with Gasteiger partial charge in [-0.1, -0.05) is 27.2 Å². The summed E-state index contributed by atoms with van der Waals surface area (Å²) in [4.78, 5) is 0. The summed E-state index contributed by atoms with van der Waals surface area (Å²) in [6.07, 6.45) is 5.46. The Bertz CT molecular complexity index is 261. The topological polar surface area (TPSA) is 17.8 Å². The lowest BCUT2D eigenvalue weighted by atomic mass is 10.1. The van der Waals surface area contributed by atoms with Gasteiger partial charge in [-0.05, 0) is 19.3 Å². The van der Waals surface area contributed by atoms with E-state index in [1.165, 1.54) is 24.1 Å². The van der Waals surface area contributed by atoms with Crippen molar-refractivity contribution in [3.05, 3.63) is 17.5 Å². The number of unbranched alkanes of at least 4 members (excludes halogenated alkanes) is 1. The van der Waals surface area contributed by atoms with Crippen LogP contribution in [0.4, 0.5) is 0 Å². The minimum absolute atomic E-state index is 0.551. The van der Waals surface area contributed by atoms with Crippen LogP contribution in [0.5, 0.6) is 0 Å². The second kappa shape index (κ2) is 4.45. The minimum Gasteiger partial charge on any atom is -0.268 e. The highest BCUT2D eigenvalue weighted by atomic mass is 15.3. The molecule has 0 aliphatic heterocycles. The molecule has 73 valence electrons. The van der Waals surface area contributed by atoms with Crippen LogP contribution in [-0.2, 0) is 6.54 Å². The maximum atomic E-state index is 4.27. The molecular formula is C11H19N2. The largest absolute Gasteiger partial charge is 0.268 e. The quantitative estimate of drug-likeness (QED) is 0.695. The summed E-state index contributed by atoms with van der Waals surface area (Å²) in [5.74, 6) is 0.551. The normalized spacial score (nSPS) is 11.2. The van der Waals surface area contributed by atoms with Crippen LogP contribution in [0.1, 0.15) is 50.8 Å². The van der Waals surface area contributed by atoms with Gasteiger partial charge in [0, 0.05) is 17.8 Å². The van der Waals surface area contributed by atoms with Gasteiger partial charge in [-0.15, -0.1) is 0 Å². The monoisotopic (exact) mass is 179 g/mol. The van der Waals surface area contributed by atoms with E-state index in [4.69, 9.17) is 0 Å². The van der Waals surface area contributed by atoms with Gasteiger partial charge in [-0.3, -0.25) is 4.68 Å². The van der Waals surface area contributed by atoms with Gasteiger partial charge in [0.1, 0.15) is 6.20 Å². The highest BCUT2D eigenvalue weighted by molar-refractivity contribution is 5.17. The van der Waals surface area contributed by atoms with E-state index in [1.807, 2.05) is 0 Å². The minimum atomic E-state index is 0.551. The molecule has 0 saturated heterocycles. The first kappa shape index (κ1) is 10.3. The number of rotatable bonds is 4. The number of aromatic nitrogens is 2. The molecule has 1 radical (unpaired) electrons. The molecule has 0 saturated carbocycles. The van der Waals surface area contributed by atoms with Crippen molar-refractivity contribution in [1.29, 1.82) is 0 Å². The highest BCUT2D eigenvalue weighted by Crippen LogP contribution is 2.18. The molecule has 13 heavy (non-hydrogen) atoms. The van der Waals surface area contributed by atoms with Crippen LogP contribution in [0.15, 0.2) is 0 Å². The molecule has 1 heterocycles. The Balaban J connectivity index is 2.81. The third kappa shape index (κ3) is 2.33. The average molecular weight is 179 g/mol. The van der Waals surface area contributed by atoms with Gasteiger partial charge in [0.05, 0.1) is 0 Å². The van der Waals surface area contributed by atoms with E-state index in [-0.39, 0.29) is 0 Å². The lowest BCUT2D eigenvalue weighted by Crippen LogP contribution is -2.06. The second-order valence-electron chi connectivity index (χ2n) is 3.85. The molecule has 0 aliphatic carbocycles. The van der Waals surface area contributed by atoms with Gasteiger partial charge in [-0.2, -0.15) is 5.10 Å². The summed E-state index contributed by atoms with van der Waals surface area (Å²) in [5.41, 5.74) is 2.54. The first-order valence-corrected chi connectivity index (χ1v) is 5.11. The van der Waals surface area contributed by atoms with Gasteiger partial charge in [0.2, 0.25) is 0 Å². The molecule has 0 unspecified atom stereocenters. The van der Waals surface area contributed by atoms with Crippen LogP contribution >= 0.6 is 0 Å². The zero-order chi connectivity index (χ0) is 9.84. The third-order valence-corrected chi connectivity index (χ3v) is 2.27. The zero-order valence-corrected chi connectivity index (χ0v) is 9.09. The Morgan fingerprint density at radius 3 is 2.69 bits per heavy atom. The van der Waals surface area contributed by atoms with Crippen LogP contribution in [0.25, 0.3) is 0 Å². The molecule has 0 amide bonds. The fraction of sp³-hybridized carbons (Fsp3) is 0.727. The van der Waals surface area contributed by atoms with Crippen molar-refractivity contribution in [2.75, 3.05) is 0 Å². The summed E-state index contributed by atoms with van der Waals surface area (Å²) >= 11 is 0. The summed E-state index contributed by atoms with van der Waals surface area (Å²) in [6.45, 7) is 9.74. The molecule has 0 bridgehead atoms. The first-order chi connectivity index (χ1) is 6.16. The SMILES string of the molecule is CCCCn1n[c]c(C)c1C(C)C. The highest BCUT2D eigenvalue weighted by Gasteiger charge is 2.10. The molecular weight excluding hydrogens is 160 g/mol. The van der Waals surface area contributed by atoms with Crippen LogP contribution in [0.3, 0.4) is 0 Å². The van der Waals surface area contributed by atoms with E-state index in [9.17, 15) is 0 Å². The van der Waals surface area contributed by atoms with Crippen molar-refractivity contribution in [2.24, 2.45) is 0 Å². The Morgan fingerprint density at radius 1 is 1.46 bits per heavy atom. The zero-order valence-electron chi connectivity index (χ0n) is 9.09. The lowest BCUT2D eigenvalue weighted by molar-refractivity contribution is 0.534. The Hall–Kier alpha value is -0.790. The Labute approximate surface area is 81.0 Å². The van der Waals surface area contributed by atoms with E-state index >= 15 is 0 Å². The molecule has 1 aromatic heterocycles. The van der Waals surface area contributed by atoms with Crippen LogP contribution in [0.2, 0.25) is 0 Å². The average Bonchev–Trinajstić information content (AvgIpc) is 2.43. The molecule has 2 heteroatoms. The van der Waals surface area contributed by atoms with Gasteiger partial charge in [-0.25, -0.2) is 0 Å². The van der Waals surface area contributed by atoms with E-state index in [0.717, 1.165) is 6.54 Å². The Kier molecular flexibility index (Phi) is 3.52. The molecule has 2 nitrogen and oxygen atoms in total. The summed E-state index contributed by atoms with van der Waals surface area (Å²) in [6, 6.07) is 0. The predicted molar refractivity (Wildman–Crippen MR) is 54.8 cm³/mol. The molecule has 1 rings (SSSR count). The smallest absolute Gasteiger partial charge is 0.116 e. The third-order valence-electron chi connectivity index (χ3n) is 2.27. The van der Waals surface area contributed by atoms with E-state index in [1.54, 1.807) is 0 Å². The maximum Gasteiger partial charge on any atom is 0.116 e. The Morgan fingerprint density at radius 2 is 2.15 bits per heavy atom. The molecule has 0 fully saturated rings. The standard InChI is InChI=1S/C11H19N2/c1-5-6-7-13-11(9(2)3)10(4)8-12-13/h9H,5-7H2,1-4H3. The van der Waals surface area contributed by atoms with E-state index < -0.39 is 0 Å². The summed E-state index contributed by atoms with van der Waals surface area (Å²) < 4.78 is 2.10. The van der Waals surface area contributed by atoms with E-state index in [2.05, 4.69) is 43.7 Å². The van der Waals surface area contributed by atoms with Crippen molar-refractivity contribution in [3.63, 3.8) is 0 Å². The summed E-state index contributed by atoms with van der Waals surface area (Å²) in [5, 5.41) is 4.27. The lowest BCUT2D eigenvalue weighted by Gasteiger charge is -2.10. The van der Waals surface area contributed by atoms with Gasteiger partial charge >= 0.3 is 0 Å². The number of hydrogen-bond acceptors (Lipinski definition) is 1. The van der Waals surface area contributed by atoms with Crippen molar-refractivity contribution in [3.8, 4) is 0 Å². The first-order valence-electron chi connectivity index (χ1n) is 5.11. The van der Waals surface area contributed by atoms with Crippen LogP contribution in [-0.4, -0.2) is 9.78 Å². The van der Waals surface area contributed by atoms with Crippen molar-refractivity contribution < 1.29 is 0 Å². The fourth-order valence-electron chi connectivity index (χ4n) is 1.65. The van der Waals surface area contributed by atoms with Gasteiger partial charge in [0.25, 0.3) is 0 Å². The van der Waals surface area contributed by atoms with Crippen LogP contribution in [0, 0.1) is 13.1 Å². The van der Waals surface area contributed by atoms with E-state index in [0.29, 0.717) is 5.92 Å². The van der Waals surface area contributed by atoms with Gasteiger partial charge < -0.3 is 0 Å². The molecule has 1 aromatic rings. The molecule has 0 N–H and O–H groups in total. The van der Waals surface area contributed by atoms with Crippen molar-refractivity contribution >= 4 is 0 Å².